The summed E-state index contributed by atoms with van der Waals surface area (Å²) in [4.78, 5) is 2.66. The Balaban J connectivity index is 1.36. The maximum atomic E-state index is 2.37. The summed E-state index contributed by atoms with van der Waals surface area (Å²) in [6.45, 7) is 0. The summed E-state index contributed by atoms with van der Waals surface area (Å²) < 4.78 is 0. The fourth-order valence-electron chi connectivity index (χ4n) is 5.80. The predicted octanol–water partition coefficient (Wildman–Crippen LogP) is 11.4. The molecule has 0 aliphatic carbocycles. The molecule has 38 heavy (non-hydrogen) atoms. The smallest absolute Gasteiger partial charge is 0.0527 e. The third-order valence-electron chi connectivity index (χ3n) is 7.63. The minimum atomic E-state index is 1.26. The number of fused-ring (bicyclic) bond motifs is 6. The summed E-state index contributed by atoms with van der Waals surface area (Å²) in [6, 6.07) is 44.6. The van der Waals surface area contributed by atoms with Gasteiger partial charge in [-0.2, -0.15) is 0 Å². The van der Waals surface area contributed by atoms with Crippen LogP contribution >= 0.6 is 22.7 Å². The molecule has 0 N–H and O–H groups in total. The van der Waals surface area contributed by atoms with Gasteiger partial charge in [0.05, 0.1) is 4.88 Å². The highest BCUT2D eigenvalue weighted by atomic mass is 32.1. The van der Waals surface area contributed by atoms with E-state index in [9.17, 15) is 0 Å². The summed E-state index contributed by atoms with van der Waals surface area (Å²) in [5.41, 5.74) is 5.16. The van der Waals surface area contributed by atoms with E-state index < -0.39 is 0 Å². The van der Waals surface area contributed by atoms with Crippen LogP contribution in [-0.4, -0.2) is 0 Å². The maximum Gasteiger partial charge on any atom is 0.0527 e. The fourth-order valence-corrected chi connectivity index (χ4v) is 7.77. The molecule has 8 aromatic rings. The number of thiophene rings is 2. The van der Waals surface area contributed by atoms with Crippen LogP contribution in [0.1, 0.15) is 0 Å². The molecule has 0 amide bonds. The maximum absolute atomic E-state index is 2.37. The average Bonchev–Trinajstić information content (AvgIpc) is 3.67. The first-order chi connectivity index (χ1) is 18.8. The first kappa shape index (κ1) is 21.8. The molecule has 2 heterocycles. The lowest BCUT2D eigenvalue weighted by molar-refractivity contribution is 1.68. The summed E-state index contributed by atoms with van der Waals surface area (Å²) in [6.07, 6.45) is 0. The molecule has 178 valence electrons. The Morgan fingerprint density at radius 3 is 1.66 bits per heavy atom. The molecule has 0 atom stereocenters. The van der Waals surface area contributed by atoms with Crippen molar-refractivity contribution in [2.75, 3.05) is 0 Å². The van der Waals surface area contributed by atoms with Gasteiger partial charge >= 0.3 is 0 Å². The second kappa shape index (κ2) is 8.66. The van der Waals surface area contributed by atoms with Gasteiger partial charge in [-0.3, -0.25) is 0 Å². The molecule has 0 radical (unpaired) electrons. The SMILES string of the molecule is c1csc(-c2scc(-c3ccc4c(ccc5ccccc54)c3)c2-c2ccc3c(ccc4ccccc43)c2)c1. The second-order valence-electron chi connectivity index (χ2n) is 9.78. The molecule has 2 heteroatoms. The lowest BCUT2D eigenvalue weighted by Gasteiger charge is -2.12. The highest BCUT2D eigenvalue weighted by Gasteiger charge is 2.18. The summed E-state index contributed by atoms with van der Waals surface area (Å²) in [5.74, 6) is 0. The van der Waals surface area contributed by atoms with Gasteiger partial charge in [0, 0.05) is 16.0 Å². The molecule has 0 spiro atoms. The molecular formula is C36H22S2. The monoisotopic (exact) mass is 518 g/mol. The van der Waals surface area contributed by atoms with E-state index in [2.05, 4.69) is 132 Å². The second-order valence-corrected chi connectivity index (χ2v) is 11.6. The molecule has 0 aliphatic rings. The first-order valence-corrected chi connectivity index (χ1v) is 14.6. The zero-order chi connectivity index (χ0) is 25.1. The molecule has 0 fully saturated rings. The minimum Gasteiger partial charge on any atom is -0.143 e. The lowest BCUT2D eigenvalue weighted by atomic mass is 9.92. The standard InChI is InChI=1S/C36H22S2/c1-3-8-29-23(6-1)11-13-25-20-27(15-17-31(25)29)33-22-38-36(34-10-5-19-37-34)35(33)28-16-18-32-26(21-28)14-12-24-7-2-4-9-30(24)32/h1-22H. The Bertz CT molecular complexity index is 2130. The number of hydrogen-bond donors (Lipinski definition) is 0. The largest absolute Gasteiger partial charge is 0.143 e. The van der Waals surface area contributed by atoms with Gasteiger partial charge in [-0.25, -0.2) is 0 Å². The summed E-state index contributed by atoms with van der Waals surface area (Å²) >= 11 is 3.66. The van der Waals surface area contributed by atoms with Crippen LogP contribution < -0.4 is 0 Å². The van der Waals surface area contributed by atoms with E-state index in [1.54, 1.807) is 0 Å². The van der Waals surface area contributed by atoms with Gasteiger partial charge in [0.1, 0.15) is 0 Å². The summed E-state index contributed by atoms with van der Waals surface area (Å²) in [7, 11) is 0. The Labute approximate surface area is 229 Å². The zero-order valence-corrected chi connectivity index (χ0v) is 22.2. The molecule has 0 unspecified atom stereocenters. The zero-order valence-electron chi connectivity index (χ0n) is 20.5. The van der Waals surface area contributed by atoms with E-state index in [1.165, 1.54) is 75.1 Å². The van der Waals surface area contributed by atoms with Crippen molar-refractivity contribution < 1.29 is 0 Å². The van der Waals surface area contributed by atoms with E-state index in [4.69, 9.17) is 0 Å². The highest BCUT2D eigenvalue weighted by molar-refractivity contribution is 7.21. The Morgan fingerprint density at radius 2 is 1.00 bits per heavy atom. The van der Waals surface area contributed by atoms with Crippen molar-refractivity contribution in [3.63, 3.8) is 0 Å². The van der Waals surface area contributed by atoms with Gasteiger partial charge < -0.3 is 0 Å². The van der Waals surface area contributed by atoms with Crippen molar-refractivity contribution in [2.45, 2.75) is 0 Å². The van der Waals surface area contributed by atoms with Crippen molar-refractivity contribution in [1.82, 2.24) is 0 Å². The molecule has 0 nitrogen and oxygen atoms in total. The van der Waals surface area contributed by atoms with E-state index in [-0.39, 0.29) is 0 Å². The minimum absolute atomic E-state index is 1.26. The van der Waals surface area contributed by atoms with Crippen molar-refractivity contribution in [2.24, 2.45) is 0 Å². The van der Waals surface area contributed by atoms with Crippen LogP contribution in [0.4, 0.5) is 0 Å². The van der Waals surface area contributed by atoms with E-state index in [0.717, 1.165) is 0 Å². The van der Waals surface area contributed by atoms with Crippen LogP contribution in [0.25, 0.3) is 75.1 Å². The molecule has 2 aromatic heterocycles. The van der Waals surface area contributed by atoms with E-state index >= 15 is 0 Å². The molecule has 0 saturated carbocycles. The van der Waals surface area contributed by atoms with Gasteiger partial charge in [-0.15, -0.1) is 22.7 Å². The first-order valence-electron chi connectivity index (χ1n) is 12.8. The van der Waals surface area contributed by atoms with Gasteiger partial charge in [0.25, 0.3) is 0 Å². The summed E-state index contributed by atoms with van der Waals surface area (Å²) in [5, 5.41) is 14.9. The van der Waals surface area contributed by atoms with Crippen LogP contribution in [-0.2, 0) is 0 Å². The fraction of sp³-hybridized carbons (Fsp3) is 0. The van der Waals surface area contributed by atoms with Crippen LogP contribution in [0, 0.1) is 0 Å². The molecular weight excluding hydrogens is 497 g/mol. The predicted molar refractivity (Wildman–Crippen MR) is 169 cm³/mol. The molecule has 0 saturated heterocycles. The Hall–Kier alpha value is -4.24. The van der Waals surface area contributed by atoms with Crippen LogP contribution in [0.2, 0.25) is 0 Å². The van der Waals surface area contributed by atoms with Crippen molar-refractivity contribution in [3.8, 4) is 32.0 Å². The van der Waals surface area contributed by atoms with Crippen molar-refractivity contribution in [3.05, 3.63) is 132 Å². The third kappa shape index (κ3) is 3.42. The topological polar surface area (TPSA) is 0 Å². The van der Waals surface area contributed by atoms with Gasteiger partial charge in [0.2, 0.25) is 0 Å². The van der Waals surface area contributed by atoms with Crippen molar-refractivity contribution in [1.29, 1.82) is 0 Å². The number of hydrogen-bond acceptors (Lipinski definition) is 2. The highest BCUT2D eigenvalue weighted by Crippen LogP contribution is 2.47. The number of benzene rings is 6. The van der Waals surface area contributed by atoms with Crippen LogP contribution in [0.15, 0.2) is 132 Å². The molecule has 0 bridgehead atoms. The van der Waals surface area contributed by atoms with Gasteiger partial charge in [0.15, 0.2) is 0 Å². The van der Waals surface area contributed by atoms with Crippen LogP contribution in [0.5, 0.6) is 0 Å². The Morgan fingerprint density at radius 1 is 0.421 bits per heavy atom. The third-order valence-corrected chi connectivity index (χ3v) is 9.66. The van der Waals surface area contributed by atoms with Crippen molar-refractivity contribution >= 4 is 65.8 Å². The molecule has 0 aliphatic heterocycles. The normalized spacial score (nSPS) is 11.7. The quantitative estimate of drug-likeness (QED) is 0.204. The van der Waals surface area contributed by atoms with Crippen LogP contribution in [0.3, 0.4) is 0 Å². The van der Waals surface area contributed by atoms with E-state index in [1.807, 2.05) is 22.7 Å². The lowest BCUT2D eigenvalue weighted by Crippen LogP contribution is -1.86. The molecule has 8 rings (SSSR count). The number of rotatable bonds is 3. The van der Waals surface area contributed by atoms with E-state index in [0.29, 0.717) is 0 Å². The van der Waals surface area contributed by atoms with Gasteiger partial charge in [-0.05, 0) is 83.2 Å². The molecule has 6 aromatic carbocycles. The average molecular weight is 519 g/mol. The van der Waals surface area contributed by atoms with Gasteiger partial charge in [-0.1, -0.05) is 103 Å². The Kier molecular flexibility index (Phi) is 4.97.